The summed E-state index contributed by atoms with van der Waals surface area (Å²) < 4.78 is 26.7. The Labute approximate surface area is 111 Å². The second kappa shape index (κ2) is 5.55. The molecule has 2 amide bonds. The number of primary amides is 1. The lowest BCUT2D eigenvalue weighted by Gasteiger charge is -2.34. The van der Waals surface area contributed by atoms with Crippen LogP contribution < -0.4 is 5.73 Å². The molecule has 0 saturated heterocycles. The first-order valence-electron chi connectivity index (χ1n) is 6.46. The number of hydrogen-bond acceptors (Lipinski definition) is 1. The van der Waals surface area contributed by atoms with E-state index in [1.54, 1.807) is 7.05 Å². The molecule has 2 N–H and O–H groups in total. The highest BCUT2D eigenvalue weighted by molar-refractivity contribution is 5.72. The standard InChI is InChI=1S/C14H18F2N2O/c1-18(14(17)19)11-4-2-3-9(7-11)12-6-5-10(15)8-13(12)16/h5-6,8-9,11H,2-4,7H2,1H3,(H2,17,19). The van der Waals surface area contributed by atoms with E-state index in [9.17, 15) is 13.6 Å². The Bertz CT molecular complexity index is 479. The molecule has 19 heavy (non-hydrogen) atoms. The van der Waals surface area contributed by atoms with Gasteiger partial charge in [0.25, 0.3) is 0 Å². The van der Waals surface area contributed by atoms with E-state index >= 15 is 0 Å². The third kappa shape index (κ3) is 3.03. The number of nitrogens with two attached hydrogens (primary N) is 1. The van der Waals surface area contributed by atoms with Crippen molar-refractivity contribution >= 4 is 6.03 Å². The van der Waals surface area contributed by atoms with Crippen molar-refractivity contribution in [2.24, 2.45) is 5.73 Å². The minimum Gasteiger partial charge on any atom is -0.351 e. The van der Waals surface area contributed by atoms with E-state index in [2.05, 4.69) is 0 Å². The Morgan fingerprint density at radius 1 is 1.37 bits per heavy atom. The summed E-state index contributed by atoms with van der Waals surface area (Å²) in [6, 6.07) is 3.25. The van der Waals surface area contributed by atoms with Crippen molar-refractivity contribution < 1.29 is 13.6 Å². The molecular formula is C14H18F2N2O. The summed E-state index contributed by atoms with van der Waals surface area (Å²) in [6.07, 6.45) is 3.30. The topological polar surface area (TPSA) is 46.3 Å². The molecule has 104 valence electrons. The maximum Gasteiger partial charge on any atom is 0.314 e. The zero-order chi connectivity index (χ0) is 14.0. The number of hydrogen-bond donors (Lipinski definition) is 1. The lowest BCUT2D eigenvalue weighted by atomic mass is 9.80. The molecule has 0 bridgehead atoms. The molecule has 1 aliphatic carbocycles. The van der Waals surface area contributed by atoms with Gasteiger partial charge in [0.15, 0.2) is 0 Å². The fourth-order valence-corrected chi connectivity index (χ4v) is 2.81. The van der Waals surface area contributed by atoms with Gasteiger partial charge in [0.05, 0.1) is 0 Å². The van der Waals surface area contributed by atoms with Crippen LogP contribution in [0.1, 0.15) is 37.2 Å². The quantitative estimate of drug-likeness (QED) is 0.880. The van der Waals surface area contributed by atoms with Gasteiger partial charge in [0.1, 0.15) is 11.6 Å². The summed E-state index contributed by atoms with van der Waals surface area (Å²) in [5, 5.41) is 0. The summed E-state index contributed by atoms with van der Waals surface area (Å²) in [7, 11) is 1.66. The van der Waals surface area contributed by atoms with Crippen LogP contribution in [-0.2, 0) is 0 Å². The van der Waals surface area contributed by atoms with E-state index in [0.29, 0.717) is 12.0 Å². The molecule has 0 heterocycles. The number of rotatable bonds is 2. The first kappa shape index (κ1) is 13.8. The summed E-state index contributed by atoms with van der Waals surface area (Å²) in [4.78, 5) is 12.7. The Morgan fingerprint density at radius 2 is 2.11 bits per heavy atom. The van der Waals surface area contributed by atoms with Crippen molar-refractivity contribution in [1.82, 2.24) is 4.90 Å². The van der Waals surface area contributed by atoms with Crippen molar-refractivity contribution in [3.05, 3.63) is 35.4 Å². The van der Waals surface area contributed by atoms with Crippen molar-refractivity contribution in [3.63, 3.8) is 0 Å². The van der Waals surface area contributed by atoms with Gasteiger partial charge in [0, 0.05) is 19.2 Å². The van der Waals surface area contributed by atoms with Crippen LogP contribution in [0.4, 0.5) is 13.6 Å². The molecule has 1 aliphatic rings. The molecular weight excluding hydrogens is 250 g/mol. The summed E-state index contributed by atoms with van der Waals surface area (Å²) in [6.45, 7) is 0. The largest absolute Gasteiger partial charge is 0.351 e. The average molecular weight is 268 g/mol. The third-order valence-corrected chi connectivity index (χ3v) is 3.94. The van der Waals surface area contributed by atoms with Gasteiger partial charge in [-0.05, 0) is 36.8 Å². The summed E-state index contributed by atoms with van der Waals surface area (Å²) in [5.41, 5.74) is 5.80. The summed E-state index contributed by atoms with van der Waals surface area (Å²) in [5.74, 6) is -1.06. The molecule has 3 nitrogen and oxygen atoms in total. The summed E-state index contributed by atoms with van der Waals surface area (Å²) >= 11 is 0. The molecule has 1 fully saturated rings. The smallest absolute Gasteiger partial charge is 0.314 e. The maximum absolute atomic E-state index is 13.8. The van der Waals surface area contributed by atoms with Crippen LogP contribution in [0.25, 0.3) is 0 Å². The molecule has 2 atom stereocenters. The number of carbonyl (C=O) groups excluding carboxylic acids is 1. The average Bonchev–Trinajstić information content (AvgIpc) is 2.38. The van der Waals surface area contributed by atoms with Crippen LogP contribution in [0.3, 0.4) is 0 Å². The first-order chi connectivity index (χ1) is 8.99. The fraction of sp³-hybridized carbons (Fsp3) is 0.500. The minimum absolute atomic E-state index is 0.0150. The van der Waals surface area contributed by atoms with Gasteiger partial charge in [-0.3, -0.25) is 0 Å². The zero-order valence-electron chi connectivity index (χ0n) is 10.9. The Kier molecular flexibility index (Phi) is 4.02. The number of amides is 2. The second-order valence-electron chi connectivity index (χ2n) is 5.13. The predicted molar refractivity (Wildman–Crippen MR) is 68.7 cm³/mol. The minimum atomic E-state index is -0.567. The van der Waals surface area contributed by atoms with Crippen LogP contribution >= 0.6 is 0 Å². The molecule has 5 heteroatoms. The molecule has 2 unspecified atom stereocenters. The Balaban J connectivity index is 2.15. The van der Waals surface area contributed by atoms with Crippen LogP contribution in [0, 0.1) is 11.6 Å². The van der Waals surface area contributed by atoms with Gasteiger partial charge in [-0.2, -0.15) is 0 Å². The van der Waals surface area contributed by atoms with E-state index in [4.69, 9.17) is 5.73 Å². The van der Waals surface area contributed by atoms with E-state index in [1.807, 2.05) is 0 Å². The van der Waals surface area contributed by atoms with Crippen molar-refractivity contribution in [2.75, 3.05) is 7.05 Å². The highest BCUT2D eigenvalue weighted by Crippen LogP contribution is 2.35. The number of urea groups is 1. The monoisotopic (exact) mass is 268 g/mol. The van der Waals surface area contributed by atoms with Gasteiger partial charge >= 0.3 is 6.03 Å². The van der Waals surface area contributed by atoms with Crippen LogP contribution in [0.15, 0.2) is 18.2 Å². The van der Waals surface area contributed by atoms with Crippen molar-refractivity contribution in [1.29, 1.82) is 0 Å². The SMILES string of the molecule is CN(C(N)=O)C1CCCC(c2ccc(F)cc2F)C1. The second-order valence-corrected chi connectivity index (χ2v) is 5.13. The Morgan fingerprint density at radius 3 is 2.74 bits per heavy atom. The van der Waals surface area contributed by atoms with Crippen LogP contribution in [0.2, 0.25) is 0 Å². The molecule has 1 saturated carbocycles. The van der Waals surface area contributed by atoms with E-state index < -0.39 is 17.7 Å². The molecule has 1 aromatic carbocycles. The van der Waals surface area contributed by atoms with E-state index in [-0.39, 0.29) is 12.0 Å². The van der Waals surface area contributed by atoms with Gasteiger partial charge in [-0.15, -0.1) is 0 Å². The van der Waals surface area contributed by atoms with Gasteiger partial charge in [-0.25, -0.2) is 13.6 Å². The highest BCUT2D eigenvalue weighted by atomic mass is 19.1. The lowest BCUT2D eigenvalue weighted by molar-refractivity contribution is 0.176. The van der Waals surface area contributed by atoms with Crippen LogP contribution in [0.5, 0.6) is 0 Å². The lowest BCUT2D eigenvalue weighted by Crippen LogP contribution is -2.42. The van der Waals surface area contributed by atoms with Crippen LogP contribution in [-0.4, -0.2) is 24.0 Å². The molecule has 2 rings (SSSR count). The number of nitrogens with zero attached hydrogens (tertiary/aromatic N) is 1. The number of carbonyl (C=O) groups is 1. The van der Waals surface area contributed by atoms with Crippen molar-refractivity contribution in [3.8, 4) is 0 Å². The van der Waals surface area contributed by atoms with E-state index in [1.165, 1.54) is 17.0 Å². The van der Waals surface area contributed by atoms with Gasteiger partial charge in [0.2, 0.25) is 0 Å². The third-order valence-electron chi connectivity index (χ3n) is 3.94. The Hall–Kier alpha value is -1.65. The number of benzene rings is 1. The van der Waals surface area contributed by atoms with Gasteiger partial charge in [-0.1, -0.05) is 12.5 Å². The molecule has 0 spiro atoms. The molecule has 1 aromatic rings. The highest BCUT2D eigenvalue weighted by Gasteiger charge is 2.28. The molecule has 0 aromatic heterocycles. The number of halogens is 2. The van der Waals surface area contributed by atoms with Gasteiger partial charge < -0.3 is 10.6 Å². The normalized spacial score (nSPS) is 23.1. The fourth-order valence-electron chi connectivity index (χ4n) is 2.81. The van der Waals surface area contributed by atoms with Crippen molar-refractivity contribution in [2.45, 2.75) is 37.6 Å². The maximum atomic E-state index is 13.8. The molecule has 0 radical (unpaired) electrons. The first-order valence-corrected chi connectivity index (χ1v) is 6.46. The zero-order valence-corrected chi connectivity index (χ0v) is 10.9. The van der Waals surface area contributed by atoms with E-state index in [0.717, 1.165) is 25.3 Å². The molecule has 0 aliphatic heterocycles. The predicted octanol–water partition coefficient (Wildman–Crippen LogP) is 3.00.